The minimum atomic E-state index is -0.267. The maximum atomic E-state index is 13.3. The molecule has 1 aliphatic rings. The third-order valence-corrected chi connectivity index (χ3v) is 5.72. The molecular formula is C23H31N5O3. The number of aromatic nitrogens is 2. The van der Waals surface area contributed by atoms with Gasteiger partial charge in [-0.25, -0.2) is 4.98 Å². The first kappa shape index (κ1) is 22.7. The van der Waals surface area contributed by atoms with E-state index in [1.165, 1.54) is 0 Å². The van der Waals surface area contributed by atoms with Crippen LogP contribution in [0.25, 0.3) is 0 Å². The van der Waals surface area contributed by atoms with Crippen molar-refractivity contribution in [3.63, 3.8) is 0 Å². The smallest absolute Gasteiger partial charge is 0.254 e. The number of hydrogen-bond donors (Lipinski definition) is 1. The van der Waals surface area contributed by atoms with E-state index in [9.17, 15) is 14.4 Å². The molecule has 0 atom stereocenters. The van der Waals surface area contributed by atoms with Gasteiger partial charge in [-0.1, -0.05) is 18.2 Å². The zero-order chi connectivity index (χ0) is 22.5. The number of carbonyl (C=O) groups excluding carboxylic acids is 2. The third kappa shape index (κ3) is 5.58. The molecule has 2 aromatic rings. The zero-order valence-corrected chi connectivity index (χ0v) is 18.8. The van der Waals surface area contributed by atoms with Gasteiger partial charge in [0.05, 0.1) is 6.42 Å². The first-order valence-corrected chi connectivity index (χ1v) is 10.6. The number of para-hydroxylation sites is 1. The van der Waals surface area contributed by atoms with Crippen LogP contribution in [0.4, 0.5) is 5.69 Å². The molecule has 0 radical (unpaired) electrons. The molecule has 0 spiro atoms. The highest BCUT2D eigenvalue weighted by molar-refractivity contribution is 5.92. The Morgan fingerprint density at radius 2 is 1.84 bits per heavy atom. The molecule has 3 rings (SSSR count). The van der Waals surface area contributed by atoms with Crippen molar-refractivity contribution in [2.75, 3.05) is 38.1 Å². The van der Waals surface area contributed by atoms with Gasteiger partial charge in [-0.05, 0) is 45.5 Å². The van der Waals surface area contributed by atoms with Gasteiger partial charge in [0, 0.05) is 50.0 Å². The number of benzene rings is 1. The Bertz CT molecular complexity index is 1020. The van der Waals surface area contributed by atoms with E-state index in [-0.39, 0.29) is 23.8 Å². The number of aromatic amines is 1. The predicted molar refractivity (Wildman–Crippen MR) is 120 cm³/mol. The summed E-state index contributed by atoms with van der Waals surface area (Å²) in [6, 6.07) is 7.72. The third-order valence-electron chi connectivity index (χ3n) is 5.72. The van der Waals surface area contributed by atoms with Gasteiger partial charge in [0.25, 0.3) is 5.56 Å². The van der Waals surface area contributed by atoms with Crippen LogP contribution in [0.15, 0.2) is 29.1 Å². The maximum Gasteiger partial charge on any atom is 0.254 e. The number of hydrogen-bond acceptors (Lipinski definition) is 5. The van der Waals surface area contributed by atoms with Crippen LogP contribution in [0, 0.1) is 13.8 Å². The highest BCUT2D eigenvalue weighted by Gasteiger charge is 2.23. The molecule has 8 nitrogen and oxygen atoms in total. The first-order valence-electron chi connectivity index (χ1n) is 10.6. The van der Waals surface area contributed by atoms with Crippen molar-refractivity contribution in [3.05, 3.63) is 57.3 Å². The van der Waals surface area contributed by atoms with Crippen LogP contribution in [0.3, 0.4) is 0 Å². The van der Waals surface area contributed by atoms with Crippen molar-refractivity contribution in [1.82, 2.24) is 19.8 Å². The minimum Gasteiger partial charge on any atom is -0.337 e. The van der Waals surface area contributed by atoms with Gasteiger partial charge in [0.15, 0.2) is 0 Å². The lowest BCUT2D eigenvalue weighted by atomic mass is 10.1. The van der Waals surface area contributed by atoms with Gasteiger partial charge in [0.1, 0.15) is 5.82 Å². The fourth-order valence-electron chi connectivity index (χ4n) is 3.98. The van der Waals surface area contributed by atoms with E-state index in [0.29, 0.717) is 36.7 Å². The molecule has 1 aromatic carbocycles. The Hall–Kier alpha value is -3.00. The lowest BCUT2D eigenvalue weighted by Gasteiger charge is -2.27. The summed E-state index contributed by atoms with van der Waals surface area (Å²) >= 11 is 0. The van der Waals surface area contributed by atoms with Crippen LogP contribution in [-0.4, -0.2) is 64.8 Å². The van der Waals surface area contributed by atoms with E-state index >= 15 is 0 Å². The molecule has 1 N–H and O–H groups in total. The molecule has 1 aliphatic heterocycles. The van der Waals surface area contributed by atoms with E-state index < -0.39 is 0 Å². The Morgan fingerprint density at radius 1 is 1.10 bits per heavy atom. The molecule has 0 saturated carbocycles. The Kier molecular flexibility index (Phi) is 7.22. The number of H-pyrrole nitrogens is 1. The maximum absolute atomic E-state index is 13.3. The molecule has 0 unspecified atom stereocenters. The number of carbonyl (C=O) groups is 2. The average Bonchev–Trinajstić information content (AvgIpc) is 2.73. The summed E-state index contributed by atoms with van der Waals surface area (Å²) in [5, 5.41) is 0. The second kappa shape index (κ2) is 9.87. The lowest BCUT2D eigenvalue weighted by molar-refractivity contribution is -0.131. The Balaban J connectivity index is 1.93. The summed E-state index contributed by atoms with van der Waals surface area (Å²) < 4.78 is 0. The molecule has 1 aromatic heterocycles. The molecule has 2 amide bonds. The number of aryl methyl sites for hydroxylation is 2. The van der Waals surface area contributed by atoms with Crippen molar-refractivity contribution < 1.29 is 9.59 Å². The van der Waals surface area contributed by atoms with Crippen molar-refractivity contribution in [1.29, 1.82) is 0 Å². The highest BCUT2D eigenvalue weighted by atomic mass is 16.2. The average molecular weight is 426 g/mol. The fraction of sp³-hybridized carbons (Fsp3) is 0.478. The molecule has 0 aliphatic carbocycles. The molecule has 0 fully saturated rings. The van der Waals surface area contributed by atoms with E-state index in [1.54, 1.807) is 30.6 Å². The van der Waals surface area contributed by atoms with Gasteiger partial charge in [-0.2, -0.15) is 0 Å². The van der Waals surface area contributed by atoms with Crippen LogP contribution in [-0.2, 0) is 22.6 Å². The largest absolute Gasteiger partial charge is 0.337 e. The molecule has 0 saturated heterocycles. The SMILES string of the molecule is CC(=O)N1CCCN(C)CCN(C(=O)Cc2c(C)nc(C)[nH]c2=O)Cc2ccccc21. The predicted octanol–water partition coefficient (Wildman–Crippen LogP) is 1.65. The molecule has 8 heteroatoms. The van der Waals surface area contributed by atoms with Crippen molar-refractivity contribution in [2.45, 2.75) is 40.2 Å². The summed E-state index contributed by atoms with van der Waals surface area (Å²) in [7, 11) is 2.02. The van der Waals surface area contributed by atoms with Crippen LogP contribution in [0.2, 0.25) is 0 Å². The quantitative estimate of drug-likeness (QED) is 0.790. The fourth-order valence-corrected chi connectivity index (χ4v) is 3.98. The summed E-state index contributed by atoms with van der Waals surface area (Å²) in [5.41, 5.74) is 2.47. The van der Waals surface area contributed by atoms with Gasteiger partial charge >= 0.3 is 0 Å². The number of anilines is 1. The monoisotopic (exact) mass is 425 g/mol. The first-order chi connectivity index (χ1) is 14.8. The Morgan fingerprint density at radius 3 is 2.55 bits per heavy atom. The second-order valence-electron chi connectivity index (χ2n) is 8.16. The highest BCUT2D eigenvalue weighted by Crippen LogP contribution is 2.23. The van der Waals surface area contributed by atoms with E-state index in [0.717, 1.165) is 30.8 Å². The molecule has 166 valence electrons. The van der Waals surface area contributed by atoms with Gasteiger partial charge < -0.3 is 19.7 Å². The number of nitrogens with one attached hydrogen (secondary N) is 1. The number of nitrogens with zero attached hydrogens (tertiary/aromatic N) is 4. The van der Waals surface area contributed by atoms with Crippen molar-refractivity contribution in [2.24, 2.45) is 0 Å². The summed E-state index contributed by atoms with van der Waals surface area (Å²) in [5.74, 6) is 0.394. The van der Waals surface area contributed by atoms with Gasteiger partial charge in [0.2, 0.25) is 11.8 Å². The van der Waals surface area contributed by atoms with Crippen LogP contribution < -0.4 is 10.5 Å². The van der Waals surface area contributed by atoms with Crippen LogP contribution in [0.1, 0.15) is 36.0 Å². The normalized spacial score (nSPS) is 15.9. The summed E-state index contributed by atoms with van der Waals surface area (Å²) in [4.78, 5) is 50.7. The number of fused-ring (bicyclic) bond motifs is 1. The van der Waals surface area contributed by atoms with E-state index in [4.69, 9.17) is 0 Å². The van der Waals surface area contributed by atoms with Crippen molar-refractivity contribution in [3.8, 4) is 0 Å². The number of rotatable bonds is 2. The standard InChI is InChI=1S/C23H31N5O3/c1-16-20(23(31)25-17(2)24-16)14-22(30)27-13-12-26(4)10-7-11-28(18(3)29)21-9-6-5-8-19(21)15-27/h5-6,8-9H,7,10-15H2,1-4H3,(H,24,25,31). The zero-order valence-electron chi connectivity index (χ0n) is 18.8. The molecule has 2 heterocycles. The Labute approximate surface area is 182 Å². The number of likely N-dealkylation sites (N-methyl/N-ethyl adjacent to an activating group) is 1. The van der Waals surface area contributed by atoms with Crippen molar-refractivity contribution >= 4 is 17.5 Å². The van der Waals surface area contributed by atoms with Gasteiger partial charge in [-0.15, -0.1) is 0 Å². The van der Waals surface area contributed by atoms with Gasteiger partial charge in [-0.3, -0.25) is 14.4 Å². The lowest BCUT2D eigenvalue weighted by Crippen LogP contribution is -2.39. The van der Waals surface area contributed by atoms with Crippen LogP contribution in [0.5, 0.6) is 0 Å². The van der Waals surface area contributed by atoms with E-state index in [1.807, 2.05) is 31.3 Å². The number of amides is 2. The minimum absolute atomic E-state index is 0.00322. The molecular weight excluding hydrogens is 394 g/mol. The summed E-state index contributed by atoms with van der Waals surface area (Å²) in [6.45, 7) is 8.15. The van der Waals surface area contributed by atoms with Crippen LogP contribution >= 0.6 is 0 Å². The topological polar surface area (TPSA) is 89.6 Å². The molecule has 31 heavy (non-hydrogen) atoms. The van der Waals surface area contributed by atoms with E-state index in [2.05, 4.69) is 14.9 Å². The summed E-state index contributed by atoms with van der Waals surface area (Å²) in [6.07, 6.45) is 0.846. The second-order valence-corrected chi connectivity index (χ2v) is 8.16. The molecule has 0 bridgehead atoms.